The van der Waals surface area contributed by atoms with Crippen LogP contribution in [-0.2, 0) is 6.42 Å². The number of rotatable bonds is 5. The fraction of sp³-hybridized carbons (Fsp3) is 0.312. The van der Waals surface area contributed by atoms with Crippen molar-refractivity contribution in [1.29, 1.82) is 0 Å². The molecular weight excluding hydrogens is 314 g/mol. The Morgan fingerprint density at radius 1 is 1.25 bits per heavy atom. The summed E-state index contributed by atoms with van der Waals surface area (Å²) in [7, 11) is 2.11. The second kappa shape index (κ2) is 6.86. The highest BCUT2D eigenvalue weighted by Crippen LogP contribution is 2.27. The van der Waals surface area contributed by atoms with Gasteiger partial charge < -0.3 is 10.6 Å². The van der Waals surface area contributed by atoms with Crippen LogP contribution < -0.4 is 10.6 Å². The number of pyridine rings is 1. The van der Waals surface area contributed by atoms with Crippen LogP contribution in [-0.4, -0.2) is 18.6 Å². The van der Waals surface area contributed by atoms with Crippen molar-refractivity contribution in [2.24, 2.45) is 5.73 Å². The quantitative estimate of drug-likeness (QED) is 0.909. The van der Waals surface area contributed by atoms with Gasteiger partial charge in [0.1, 0.15) is 0 Å². The molecule has 1 heterocycles. The van der Waals surface area contributed by atoms with Crippen molar-refractivity contribution < 1.29 is 0 Å². The zero-order valence-corrected chi connectivity index (χ0v) is 13.5. The van der Waals surface area contributed by atoms with Gasteiger partial charge >= 0.3 is 0 Å². The number of likely N-dealkylation sites (N-methyl/N-ethyl adjacent to an activating group) is 1. The molecule has 3 nitrogen and oxygen atoms in total. The molecule has 2 N–H and O–H groups in total. The van der Waals surface area contributed by atoms with E-state index in [1.54, 1.807) is 0 Å². The minimum Gasteiger partial charge on any atom is -0.374 e. The number of nitrogens with two attached hydrogens (primary N) is 1. The van der Waals surface area contributed by atoms with Gasteiger partial charge in [-0.1, -0.05) is 22.0 Å². The first-order chi connectivity index (χ1) is 9.58. The fourth-order valence-electron chi connectivity index (χ4n) is 2.10. The van der Waals surface area contributed by atoms with E-state index in [1.165, 1.54) is 11.3 Å². The van der Waals surface area contributed by atoms with Crippen molar-refractivity contribution in [2.75, 3.05) is 18.5 Å². The zero-order valence-electron chi connectivity index (χ0n) is 11.9. The van der Waals surface area contributed by atoms with Gasteiger partial charge in [-0.3, -0.25) is 4.98 Å². The van der Waals surface area contributed by atoms with E-state index >= 15 is 0 Å². The highest BCUT2D eigenvalue weighted by molar-refractivity contribution is 9.10. The molecule has 20 heavy (non-hydrogen) atoms. The molecular formula is C16H20BrN3. The number of halogens is 1. The Balaban J connectivity index is 2.02. The Hall–Kier alpha value is -1.39. The molecule has 2 aromatic rings. The second-order valence-electron chi connectivity index (χ2n) is 5.02. The predicted molar refractivity (Wildman–Crippen MR) is 88.0 cm³/mol. The van der Waals surface area contributed by atoms with Crippen LogP contribution in [0.15, 0.2) is 47.2 Å². The Kier molecular flexibility index (Phi) is 5.15. The maximum absolute atomic E-state index is 5.93. The Bertz CT molecular complexity index is 555. The largest absolute Gasteiger partial charge is 0.374 e. The smallest absolute Gasteiger partial charge is 0.0375 e. The maximum Gasteiger partial charge on any atom is 0.0375 e. The molecule has 1 aromatic carbocycles. The van der Waals surface area contributed by atoms with Gasteiger partial charge in [0.2, 0.25) is 0 Å². The lowest BCUT2D eigenvalue weighted by molar-refractivity contribution is 0.811. The minimum atomic E-state index is 0.0422. The number of benzene rings is 1. The molecule has 4 heteroatoms. The van der Waals surface area contributed by atoms with Crippen molar-refractivity contribution in [3.05, 3.63) is 58.3 Å². The van der Waals surface area contributed by atoms with E-state index in [0.717, 1.165) is 23.0 Å². The summed E-state index contributed by atoms with van der Waals surface area (Å²) < 4.78 is 1.07. The molecule has 2 rings (SSSR count). The average Bonchev–Trinajstić information content (AvgIpc) is 2.45. The Morgan fingerprint density at radius 3 is 2.55 bits per heavy atom. The van der Waals surface area contributed by atoms with Crippen LogP contribution in [0.3, 0.4) is 0 Å². The van der Waals surface area contributed by atoms with E-state index in [9.17, 15) is 0 Å². The van der Waals surface area contributed by atoms with Gasteiger partial charge in [-0.15, -0.1) is 0 Å². The van der Waals surface area contributed by atoms with Crippen molar-refractivity contribution in [1.82, 2.24) is 4.98 Å². The van der Waals surface area contributed by atoms with Gasteiger partial charge in [0.25, 0.3) is 0 Å². The van der Waals surface area contributed by atoms with Gasteiger partial charge in [-0.2, -0.15) is 0 Å². The average molecular weight is 334 g/mol. The molecule has 0 aliphatic rings. The molecule has 0 aliphatic heterocycles. The summed E-state index contributed by atoms with van der Waals surface area (Å²) in [6, 6.07) is 10.5. The van der Waals surface area contributed by atoms with E-state index < -0.39 is 0 Å². The van der Waals surface area contributed by atoms with E-state index in [2.05, 4.69) is 63.2 Å². The summed E-state index contributed by atoms with van der Waals surface area (Å²) in [5.41, 5.74) is 9.56. The molecule has 0 radical (unpaired) electrons. The molecule has 0 fully saturated rings. The van der Waals surface area contributed by atoms with E-state index in [4.69, 9.17) is 5.73 Å². The lowest BCUT2D eigenvalue weighted by atomic mass is 10.1. The molecule has 1 atom stereocenters. The lowest BCUT2D eigenvalue weighted by Gasteiger charge is -2.21. The van der Waals surface area contributed by atoms with Crippen LogP contribution in [0.25, 0.3) is 0 Å². The summed E-state index contributed by atoms with van der Waals surface area (Å²) in [6.45, 7) is 2.96. The van der Waals surface area contributed by atoms with E-state index in [1.807, 2.05) is 19.3 Å². The van der Waals surface area contributed by atoms with Gasteiger partial charge in [0, 0.05) is 42.2 Å². The zero-order chi connectivity index (χ0) is 14.5. The number of anilines is 1. The lowest BCUT2D eigenvalue weighted by Crippen LogP contribution is -2.20. The van der Waals surface area contributed by atoms with Crippen LogP contribution >= 0.6 is 15.9 Å². The summed E-state index contributed by atoms with van der Waals surface area (Å²) >= 11 is 3.60. The second-order valence-corrected chi connectivity index (χ2v) is 5.88. The van der Waals surface area contributed by atoms with Gasteiger partial charge in [0.05, 0.1) is 0 Å². The first-order valence-corrected chi connectivity index (χ1v) is 7.52. The molecule has 0 saturated carbocycles. The summed E-state index contributed by atoms with van der Waals surface area (Å²) in [5.74, 6) is 0. The van der Waals surface area contributed by atoms with Crippen LogP contribution in [0.5, 0.6) is 0 Å². The third kappa shape index (κ3) is 3.81. The topological polar surface area (TPSA) is 42.1 Å². The number of nitrogens with zero attached hydrogens (tertiary/aromatic N) is 2. The molecule has 0 saturated heterocycles. The molecule has 0 bridgehead atoms. The highest BCUT2D eigenvalue weighted by Gasteiger charge is 2.08. The van der Waals surface area contributed by atoms with E-state index in [-0.39, 0.29) is 6.04 Å². The number of hydrogen-bond acceptors (Lipinski definition) is 3. The van der Waals surface area contributed by atoms with Gasteiger partial charge in [0.15, 0.2) is 0 Å². The molecule has 0 amide bonds. The van der Waals surface area contributed by atoms with Crippen LogP contribution in [0.1, 0.15) is 24.1 Å². The number of hydrogen-bond donors (Lipinski definition) is 1. The third-order valence-electron chi connectivity index (χ3n) is 3.40. The fourth-order valence-corrected chi connectivity index (χ4v) is 2.83. The van der Waals surface area contributed by atoms with E-state index in [0.29, 0.717) is 0 Å². The van der Waals surface area contributed by atoms with Crippen LogP contribution in [0.4, 0.5) is 5.69 Å². The summed E-state index contributed by atoms with van der Waals surface area (Å²) in [5, 5.41) is 0. The van der Waals surface area contributed by atoms with Crippen molar-refractivity contribution in [2.45, 2.75) is 19.4 Å². The highest BCUT2D eigenvalue weighted by atomic mass is 79.9. The van der Waals surface area contributed by atoms with Crippen LogP contribution in [0, 0.1) is 0 Å². The van der Waals surface area contributed by atoms with Gasteiger partial charge in [-0.25, -0.2) is 0 Å². The summed E-state index contributed by atoms with van der Waals surface area (Å²) in [4.78, 5) is 6.28. The Morgan fingerprint density at radius 2 is 1.95 bits per heavy atom. The first-order valence-electron chi connectivity index (χ1n) is 6.73. The van der Waals surface area contributed by atoms with Crippen molar-refractivity contribution >= 4 is 21.6 Å². The molecule has 1 aromatic heterocycles. The molecule has 0 spiro atoms. The van der Waals surface area contributed by atoms with Gasteiger partial charge in [-0.05, 0) is 48.7 Å². The monoisotopic (exact) mass is 333 g/mol. The summed E-state index contributed by atoms with van der Waals surface area (Å²) in [6.07, 6.45) is 4.68. The number of aromatic nitrogens is 1. The molecule has 0 aliphatic carbocycles. The van der Waals surface area contributed by atoms with Crippen molar-refractivity contribution in [3.63, 3.8) is 0 Å². The van der Waals surface area contributed by atoms with Crippen LogP contribution in [0.2, 0.25) is 0 Å². The minimum absolute atomic E-state index is 0.0422. The molecule has 106 valence electrons. The Labute approximate surface area is 129 Å². The first kappa shape index (κ1) is 15.0. The van der Waals surface area contributed by atoms with Crippen molar-refractivity contribution in [3.8, 4) is 0 Å². The normalized spacial score (nSPS) is 12.2. The predicted octanol–water partition coefficient (Wildman–Crippen LogP) is 3.54. The maximum atomic E-state index is 5.93. The molecule has 0 unspecified atom stereocenters. The SMILES string of the molecule is C[C@@H](N)c1ccc(N(C)CCc2ccncc2)cc1Br. The third-order valence-corrected chi connectivity index (χ3v) is 4.09. The standard InChI is InChI=1S/C16H20BrN3/c1-12(18)15-4-3-14(11-16(15)17)20(2)10-7-13-5-8-19-9-6-13/h3-6,8-9,11-12H,7,10,18H2,1-2H3/t12-/m1/s1.